The van der Waals surface area contributed by atoms with Gasteiger partial charge in [0, 0.05) is 10.2 Å². The first-order valence-electron chi connectivity index (χ1n) is 6.09. The predicted molar refractivity (Wildman–Crippen MR) is 85.2 cm³/mol. The second-order valence-corrected chi connectivity index (χ2v) is 6.91. The van der Waals surface area contributed by atoms with E-state index in [2.05, 4.69) is 20.7 Å². The van der Waals surface area contributed by atoms with Crippen molar-refractivity contribution in [2.45, 2.75) is 18.2 Å². The summed E-state index contributed by atoms with van der Waals surface area (Å²) in [7, 11) is -3.70. The fourth-order valence-corrected chi connectivity index (χ4v) is 3.53. The number of nitrogens with two attached hydrogens (primary N) is 1. The summed E-state index contributed by atoms with van der Waals surface area (Å²) in [4.78, 5) is 0.0637. The Hall–Kier alpha value is -1.53. The topological polar surface area (TPSA) is 72.2 Å². The van der Waals surface area contributed by atoms with Crippen LogP contribution in [0, 0.1) is 0 Å². The first-order valence-corrected chi connectivity index (χ1v) is 8.37. The Kier molecular flexibility index (Phi) is 4.35. The normalized spacial score (nSPS) is 11.3. The number of hydrogen-bond acceptors (Lipinski definition) is 3. The molecule has 0 spiro atoms. The molecule has 106 valence electrons. The molecular weight excluding hydrogens is 340 g/mol. The fraction of sp³-hybridized carbons (Fsp3) is 0.143. The van der Waals surface area contributed by atoms with Crippen LogP contribution in [0.4, 0.5) is 11.4 Å². The largest absolute Gasteiger partial charge is 0.398 e. The van der Waals surface area contributed by atoms with Crippen LogP contribution in [-0.4, -0.2) is 8.42 Å². The summed E-state index contributed by atoms with van der Waals surface area (Å²) in [5, 5.41) is 0. The van der Waals surface area contributed by atoms with E-state index in [1.54, 1.807) is 18.2 Å². The average molecular weight is 355 g/mol. The van der Waals surface area contributed by atoms with Gasteiger partial charge in [0.2, 0.25) is 0 Å². The summed E-state index contributed by atoms with van der Waals surface area (Å²) in [6.45, 7) is 2.01. The van der Waals surface area contributed by atoms with Crippen LogP contribution < -0.4 is 10.5 Å². The highest BCUT2D eigenvalue weighted by atomic mass is 79.9. The van der Waals surface area contributed by atoms with Gasteiger partial charge >= 0.3 is 0 Å². The summed E-state index contributed by atoms with van der Waals surface area (Å²) in [5.41, 5.74) is 7.55. The second kappa shape index (κ2) is 5.85. The average Bonchev–Trinajstić information content (AvgIpc) is 2.41. The van der Waals surface area contributed by atoms with E-state index in [0.29, 0.717) is 10.2 Å². The molecule has 0 aliphatic heterocycles. The van der Waals surface area contributed by atoms with Gasteiger partial charge in [0.1, 0.15) is 4.90 Å². The molecule has 20 heavy (non-hydrogen) atoms. The molecule has 3 N–H and O–H groups in total. The highest BCUT2D eigenvalue weighted by molar-refractivity contribution is 9.10. The first-order chi connectivity index (χ1) is 9.42. The maximum Gasteiger partial charge on any atom is 0.263 e. The van der Waals surface area contributed by atoms with Gasteiger partial charge in [0.05, 0.1) is 5.69 Å². The zero-order chi connectivity index (χ0) is 14.8. The molecule has 0 saturated carbocycles. The maximum absolute atomic E-state index is 12.4. The summed E-state index contributed by atoms with van der Waals surface area (Å²) >= 11 is 3.25. The van der Waals surface area contributed by atoms with Crippen molar-refractivity contribution < 1.29 is 8.42 Å². The van der Waals surface area contributed by atoms with Crippen LogP contribution >= 0.6 is 15.9 Å². The summed E-state index contributed by atoms with van der Waals surface area (Å²) in [5.74, 6) is 0. The van der Waals surface area contributed by atoms with E-state index < -0.39 is 10.0 Å². The fourth-order valence-electron chi connectivity index (χ4n) is 1.81. The van der Waals surface area contributed by atoms with Gasteiger partial charge in [-0.25, -0.2) is 8.42 Å². The van der Waals surface area contributed by atoms with Gasteiger partial charge in [0.25, 0.3) is 10.0 Å². The Balaban J connectivity index is 2.38. The standard InChI is InChI=1S/C14H15BrN2O2S/c1-2-10-4-3-5-12(8-10)17-20(18,19)14-9-11(15)6-7-13(14)16/h3-9,17H,2,16H2,1H3. The molecule has 2 aromatic rings. The quantitative estimate of drug-likeness (QED) is 0.826. The van der Waals surface area contributed by atoms with Crippen LogP contribution in [-0.2, 0) is 16.4 Å². The molecule has 0 bridgehead atoms. The Labute approximate surface area is 127 Å². The van der Waals surface area contributed by atoms with Crippen molar-refractivity contribution in [3.8, 4) is 0 Å². The number of rotatable bonds is 4. The highest BCUT2D eigenvalue weighted by Crippen LogP contribution is 2.25. The van der Waals surface area contributed by atoms with E-state index in [4.69, 9.17) is 5.73 Å². The number of benzene rings is 2. The van der Waals surface area contributed by atoms with Crippen molar-refractivity contribution in [1.29, 1.82) is 0 Å². The van der Waals surface area contributed by atoms with Gasteiger partial charge in [-0.15, -0.1) is 0 Å². The molecule has 2 rings (SSSR count). The smallest absolute Gasteiger partial charge is 0.263 e. The number of sulfonamides is 1. The van der Waals surface area contributed by atoms with Crippen LogP contribution in [0.2, 0.25) is 0 Å². The Morgan fingerprint density at radius 3 is 2.65 bits per heavy atom. The maximum atomic E-state index is 12.4. The number of aryl methyl sites for hydroxylation is 1. The van der Waals surface area contributed by atoms with E-state index in [9.17, 15) is 8.42 Å². The van der Waals surface area contributed by atoms with E-state index in [0.717, 1.165) is 12.0 Å². The van der Waals surface area contributed by atoms with Crippen LogP contribution in [0.3, 0.4) is 0 Å². The minimum atomic E-state index is -3.70. The van der Waals surface area contributed by atoms with E-state index in [1.807, 2.05) is 25.1 Å². The lowest BCUT2D eigenvalue weighted by atomic mass is 10.1. The van der Waals surface area contributed by atoms with Gasteiger partial charge in [-0.05, 0) is 42.3 Å². The zero-order valence-electron chi connectivity index (χ0n) is 10.9. The third kappa shape index (κ3) is 3.32. The highest BCUT2D eigenvalue weighted by Gasteiger charge is 2.18. The Morgan fingerprint density at radius 1 is 1.20 bits per heavy atom. The lowest BCUT2D eigenvalue weighted by Gasteiger charge is -2.11. The lowest BCUT2D eigenvalue weighted by Crippen LogP contribution is -2.15. The van der Waals surface area contributed by atoms with Gasteiger partial charge in [-0.1, -0.05) is 35.0 Å². The molecule has 0 unspecified atom stereocenters. The molecule has 6 heteroatoms. The Bertz CT molecular complexity index is 730. The van der Waals surface area contributed by atoms with Crippen molar-refractivity contribution in [2.24, 2.45) is 0 Å². The molecule has 0 aliphatic carbocycles. The minimum Gasteiger partial charge on any atom is -0.398 e. The second-order valence-electron chi connectivity index (χ2n) is 4.34. The molecule has 4 nitrogen and oxygen atoms in total. The third-order valence-electron chi connectivity index (χ3n) is 2.85. The predicted octanol–water partition coefficient (Wildman–Crippen LogP) is 3.39. The van der Waals surface area contributed by atoms with Crippen molar-refractivity contribution in [3.63, 3.8) is 0 Å². The van der Waals surface area contributed by atoms with Crippen molar-refractivity contribution in [2.75, 3.05) is 10.5 Å². The molecule has 0 fully saturated rings. The minimum absolute atomic E-state index is 0.0637. The lowest BCUT2D eigenvalue weighted by molar-refractivity contribution is 0.601. The van der Waals surface area contributed by atoms with Gasteiger partial charge in [0.15, 0.2) is 0 Å². The molecule has 0 aliphatic rings. The molecular formula is C14H15BrN2O2S. The van der Waals surface area contributed by atoms with E-state index in [-0.39, 0.29) is 10.6 Å². The third-order valence-corrected chi connectivity index (χ3v) is 4.78. The van der Waals surface area contributed by atoms with Gasteiger partial charge in [-0.3, -0.25) is 4.72 Å². The number of nitrogens with one attached hydrogen (secondary N) is 1. The van der Waals surface area contributed by atoms with Crippen LogP contribution in [0.25, 0.3) is 0 Å². The molecule has 0 saturated heterocycles. The molecule has 0 aromatic heterocycles. The van der Waals surface area contributed by atoms with Crippen molar-refractivity contribution in [3.05, 3.63) is 52.5 Å². The monoisotopic (exact) mass is 354 g/mol. The van der Waals surface area contributed by atoms with Crippen LogP contribution in [0.15, 0.2) is 51.8 Å². The van der Waals surface area contributed by atoms with Crippen molar-refractivity contribution in [1.82, 2.24) is 0 Å². The van der Waals surface area contributed by atoms with Gasteiger partial charge in [-0.2, -0.15) is 0 Å². The number of hydrogen-bond donors (Lipinski definition) is 2. The SMILES string of the molecule is CCc1cccc(NS(=O)(=O)c2cc(Br)ccc2N)c1. The first kappa shape index (κ1) is 14.9. The molecule has 0 atom stereocenters. The number of halogens is 1. The summed E-state index contributed by atoms with van der Waals surface area (Å²) in [6, 6.07) is 12.0. The number of nitrogen functional groups attached to an aromatic ring is 1. The molecule has 0 radical (unpaired) electrons. The van der Waals surface area contributed by atoms with Crippen LogP contribution in [0.1, 0.15) is 12.5 Å². The van der Waals surface area contributed by atoms with E-state index >= 15 is 0 Å². The summed E-state index contributed by atoms with van der Waals surface area (Å²) in [6.07, 6.45) is 0.842. The molecule has 0 amide bonds. The summed E-state index contributed by atoms with van der Waals surface area (Å²) < 4.78 is 27.9. The zero-order valence-corrected chi connectivity index (χ0v) is 13.3. The van der Waals surface area contributed by atoms with Gasteiger partial charge < -0.3 is 5.73 Å². The van der Waals surface area contributed by atoms with E-state index in [1.165, 1.54) is 6.07 Å². The molecule has 2 aromatic carbocycles. The van der Waals surface area contributed by atoms with Crippen molar-refractivity contribution >= 4 is 37.3 Å². The Morgan fingerprint density at radius 2 is 1.95 bits per heavy atom. The van der Waals surface area contributed by atoms with Crippen LogP contribution in [0.5, 0.6) is 0 Å². The number of anilines is 2. The molecule has 0 heterocycles.